The first-order valence-corrected chi connectivity index (χ1v) is 5.44. The van der Waals surface area contributed by atoms with Crippen LogP contribution in [-0.2, 0) is 0 Å². The molecule has 0 spiro atoms. The first-order valence-electron chi connectivity index (χ1n) is 2.51. The fourth-order valence-electron chi connectivity index (χ4n) is 0.372. The van der Waals surface area contributed by atoms with E-state index in [0.29, 0.717) is 0 Å². The number of hydrogen-bond acceptors (Lipinski definition) is 0. The van der Waals surface area contributed by atoms with Gasteiger partial charge in [-0.1, -0.05) is 0 Å². The van der Waals surface area contributed by atoms with E-state index in [1.54, 1.807) is 0 Å². The minimum absolute atomic E-state index is 0.878. The minimum atomic E-state index is 0.878. The first-order chi connectivity index (χ1) is 3.41. The van der Waals surface area contributed by atoms with Gasteiger partial charge in [-0.2, -0.15) is 0 Å². The van der Waals surface area contributed by atoms with Crippen molar-refractivity contribution in [2.24, 2.45) is 0 Å². The zero-order chi connectivity index (χ0) is 5.54. The normalized spacial score (nSPS) is 8.71. The van der Waals surface area contributed by atoms with Gasteiger partial charge >= 0.3 is 51.6 Å². The molecular formula is C6H12Se. The zero-order valence-corrected chi connectivity index (χ0v) is 6.53. The van der Waals surface area contributed by atoms with Crippen molar-refractivity contribution in [1.29, 1.82) is 0 Å². The number of hydrogen-bond donors (Lipinski definition) is 0. The van der Waals surface area contributed by atoms with Crippen molar-refractivity contribution in [3.8, 4) is 0 Å². The van der Waals surface area contributed by atoms with Crippen LogP contribution in [0, 0.1) is 0 Å². The van der Waals surface area contributed by atoms with Crippen LogP contribution in [0.2, 0.25) is 11.1 Å². The molecule has 1 heteroatoms. The number of unbranched alkanes of at least 4 members (excludes halogenated alkanes) is 1. The maximum absolute atomic E-state index is 3.64. The summed E-state index contributed by atoms with van der Waals surface area (Å²) in [4.78, 5) is 0. The predicted molar refractivity (Wildman–Crippen MR) is 35.9 cm³/mol. The fraction of sp³-hybridized carbons (Fsp3) is 0.667. The molecule has 0 bridgehead atoms. The molecule has 0 unspecified atom stereocenters. The Balaban J connectivity index is 2.56. The second kappa shape index (κ2) is 6.26. The zero-order valence-electron chi connectivity index (χ0n) is 4.81. The van der Waals surface area contributed by atoms with Gasteiger partial charge in [0.1, 0.15) is 0 Å². The van der Waals surface area contributed by atoms with Gasteiger partial charge in [0, 0.05) is 0 Å². The van der Waals surface area contributed by atoms with E-state index in [4.69, 9.17) is 0 Å². The summed E-state index contributed by atoms with van der Waals surface area (Å²) in [5.41, 5.74) is 0. The quantitative estimate of drug-likeness (QED) is 0.338. The van der Waals surface area contributed by atoms with Crippen molar-refractivity contribution in [1.82, 2.24) is 0 Å². The molecule has 0 aliphatic heterocycles. The molecule has 0 aromatic heterocycles. The summed E-state index contributed by atoms with van der Waals surface area (Å²) in [5, 5.41) is 1.42. The summed E-state index contributed by atoms with van der Waals surface area (Å²) >= 11 is 0.878. The van der Waals surface area contributed by atoms with Gasteiger partial charge in [0.2, 0.25) is 0 Å². The van der Waals surface area contributed by atoms with Crippen molar-refractivity contribution < 1.29 is 0 Å². The molecule has 0 aromatic carbocycles. The second-order valence-electron chi connectivity index (χ2n) is 1.42. The van der Waals surface area contributed by atoms with Crippen LogP contribution in [0.15, 0.2) is 12.7 Å². The molecule has 0 heterocycles. The summed E-state index contributed by atoms with van der Waals surface area (Å²) in [6.45, 7) is 3.64. The molecule has 0 aliphatic rings. The molecular weight excluding hydrogens is 151 g/mol. The summed E-state index contributed by atoms with van der Waals surface area (Å²) in [5.74, 6) is 2.27. The van der Waals surface area contributed by atoms with Gasteiger partial charge in [0.05, 0.1) is 0 Å². The van der Waals surface area contributed by atoms with Gasteiger partial charge in [-0.15, -0.1) is 0 Å². The van der Waals surface area contributed by atoms with Gasteiger partial charge in [0.15, 0.2) is 0 Å². The van der Waals surface area contributed by atoms with Crippen LogP contribution < -0.4 is 0 Å². The molecule has 0 amide bonds. The van der Waals surface area contributed by atoms with E-state index in [2.05, 4.69) is 12.4 Å². The predicted octanol–water partition coefficient (Wildman–Crippen LogP) is 2.12. The van der Waals surface area contributed by atoms with E-state index >= 15 is 0 Å². The fourth-order valence-corrected chi connectivity index (χ4v) is 1.33. The number of rotatable bonds is 4. The topological polar surface area (TPSA) is 0 Å². The second-order valence-corrected chi connectivity index (χ2v) is 3.49. The summed E-state index contributed by atoms with van der Waals surface area (Å²) in [7, 11) is 0. The van der Waals surface area contributed by atoms with Crippen molar-refractivity contribution in [3.63, 3.8) is 0 Å². The van der Waals surface area contributed by atoms with Crippen molar-refractivity contribution in [3.05, 3.63) is 12.7 Å². The van der Waals surface area contributed by atoms with E-state index in [1.807, 2.05) is 6.08 Å². The average Bonchev–Trinajstić information content (AvgIpc) is 1.69. The van der Waals surface area contributed by atoms with E-state index in [0.717, 1.165) is 15.0 Å². The molecule has 0 rings (SSSR count). The Morgan fingerprint density at radius 2 is 2.43 bits per heavy atom. The van der Waals surface area contributed by atoms with Crippen molar-refractivity contribution in [2.75, 3.05) is 0 Å². The van der Waals surface area contributed by atoms with Crippen LogP contribution in [0.5, 0.6) is 0 Å². The molecule has 0 N–H and O–H groups in total. The maximum atomic E-state index is 3.64. The molecule has 0 radical (unpaired) electrons. The molecule has 0 nitrogen and oxygen atoms in total. The van der Waals surface area contributed by atoms with Crippen LogP contribution in [-0.4, -0.2) is 15.0 Å². The van der Waals surface area contributed by atoms with Gasteiger partial charge in [0.25, 0.3) is 0 Å². The Labute approximate surface area is 52.2 Å². The Bertz CT molecular complexity index is 41.4. The molecule has 0 aromatic rings. The van der Waals surface area contributed by atoms with E-state index in [1.165, 1.54) is 18.2 Å². The van der Waals surface area contributed by atoms with Crippen LogP contribution in [0.4, 0.5) is 0 Å². The van der Waals surface area contributed by atoms with Crippen molar-refractivity contribution >= 4 is 15.0 Å². The SMILES string of the molecule is C=CCCC[Se]C. The molecule has 0 saturated heterocycles. The third-order valence-corrected chi connectivity index (χ3v) is 2.22. The van der Waals surface area contributed by atoms with Crippen LogP contribution in [0.3, 0.4) is 0 Å². The Hall–Kier alpha value is 0.259. The molecule has 42 valence electrons. The first kappa shape index (κ1) is 7.26. The third-order valence-electron chi connectivity index (χ3n) is 0.757. The van der Waals surface area contributed by atoms with Gasteiger partial charge in [-0.05, 0) is 0 Å². The molecule has 0 aliphatic carbocycles. The Morgan fingerprint density at radius 1 is 1.71 bits per heavy atom. The van der Waals surface area contributed by atoms with Gasteiger partial charge < -0.3 is 0 Å². The Kier molecular flexibility index (Phi) is 6.49. The van der Waals surface area contributed by atoms with E-state index in [9.17, 15) is 0 Å². The van der Waals surface area contributed by atoms with Crippen LogP contribution in [0.25, 0.3) is 0 Å². The molecule has 0 atom stereocenters. The average molecular weight is 163 g/mol. The summed E-state index contributed by atoms with van der Waals surface area (Å²) < 4.78 is 0. The third kappa shape index (κ3) is 6.26. The standard InChI is InChI=1S/C6H12Se/c1-3-4-5-6-7-2/h3H,1,4-6H2,2H3. The molecule has 0 saturated carbocycles. The molecule has 0 fully saturated rings. The van der Waals surface area contributed by atoms with Crippen LogP contribution >= 0.6 is 0 Å². The van der Waals surface area contributed by atoms with Gasteiger partial charge in [-0.25, -0.2) is 0 Å². The van der Waals surface area contributed by atoms with E-state index < -0.39 is 0 Å². The monoisotopic (exact) mass is 164 g/mol. The summed E-state index contributed by atoms with van der Waals surface area (Å²) in [6, 6.07) is 0. The van der Waals surface area contributed by atoms with Crippen molar-refractivity contribution in [2.45, 2.75) is 24.0 Å². The van der Waals surface area contributed by atoms with E-state index in [-0.39, 0.29) is 0 Å². The number of allylic oxidation sites excluding steroid dienone is 1. The Morgan fingerprint density at radius 3 is 2.86 bits per heavy atom. The summed E-state index contributed by atoms with van der Waals surface area (Å²) in [6.07, 6.45) is 4.54. The molecule has 7 heavy (non-hydrogen) atoms. The van der Waals surface area contributed by atoms with Crippen LogP contribution in [0.1, 0.15) is 12.8 Å². The van der Waals surface area contributed by atoms with Gasteiger partial charge in [-0.3, -0.25) is 0 Å².